The number of carbonyl (C=O) groups is 1. The van der Waals surface area contributed by atoms with Gasteiger partial charge in [-0.15, -0.1) is 0 Å². The van der Waals surface area contributed by atoms with Crippen LogP contribution in [0.3, 0.4) is 0 Å². The van der Waals surface area contributed by atoms with Crippen LogP contribution in [0.5, 0.6) is 0 Å². The van der Waals surface area contributed by atoms with E-state index in [1.165, 1.54) is 0 Å². The van der Waals surface area contributed by atoms with E-state index in [1.54, 1.807) is 18.2 Å². The predicted octanol–water partition coefficient (Wildman–Crippen LogP) is 4.16. The fourth-order valence-corrected chi connectivity index (χ4v) is 2.02. The third-order valence-corrected chi connectivity index (χ3v) is 3.41. The molecule has 4 nitrogen and oxygen atoms in total. The summed E-state index contributed by atoms with van der Waals surface area (Å²) < 4.78 is 0. The van der Waals surface area contributed by atoms with Gasteiger partial charge in [-0.1, -0.05) is 74.8 Å². The zero-order chi connectivity index (χ0) is 18.0. The van der Waals surface area contributed by atoms with Crippen molar-refractivity contribution >= 4 is 5.97 Å². The molecule has 0 aromatic rings. The number of unbranched alkanes of at least 4 members (excludes halogenated alkanes) is 3. The van der Waals surface area contributed by atoms with Crippen LogP contribution in [-0.4, -0.2) is 33.5 Å². The topological polar surface area (TPSA) is 77.8 Å². The molecule has 0 bridgehead atoms. The minimum Gasteiger partial charge on any atom is -0.481 e. The van der Waals surface area contributed by atoms with Gasteiger partial charge in [-0.3, -0.25) is 4.79 Å². The Hall–Kier alpha value is -1.65. The standard InChI is InChI=1S/C20H32O4/c1-2-3-8-13-18(21)14-9-4-5-10-15-19(22)16-11-6-7-12-17-20(23)24/h4-6,9-11,14-15,18-19,21-22H,2-3,7-8,12-13,16-17H2,1H3,(H,23,24)/b5-4+,11-6-,14-9+,15-10+/t18-,19+/m0/s1. The van der Waals surface area contributed by atoms with Crippen molar-refractivity contribution in [3.63, 3.8) is 0 Å². The number of aliphatic hydroxyl groups excluding tert-OH is 2. The van der Waals surface area contributed by atoms with Crippen molar-refractivity contribution in [3.05, 3.63) is 48.6 Å². The fourth-order valence-electron chi connectivity index (χ4n) is 2.02. The van der Waals surface area contributed by atoms with Crippen LogP contribution in [0.4, 0.5) is 0 Å². The molecule has 0 unspecified atom stereocenters. The van der Waals surface area contributed by atoms with E-state index in [-0.39, 0.29) is 12.5 Å². The lowest BCUT2D eigenvalue weighted by molar-refractivity contribution is -0.137. The minimum atomic E-state index is -0.777. The van der Waals surface area contributed by atoms with Gasteiger partial charge in [0.2, 0.25) is 0 Å². The van der Waals surface area contributed by atoms with E-state index in [2.05, 4.69) is 6.92 Å². The lowest BCUT2D eigenvalue weighted by atomic mass is 10.1. The van der Waals surface area contributed by atoms with Crippen LogP contribution in [0.1, 0.15) is 58.3 Å². The highest BCUT2D eigenvalue weighted by molar-refractivity contribution is 5.66. The van der Waals surface area contributed by atoms with Crippen molar-refractivity contribution in [1.82, 2.24) is 0 Å². The molecule has 0 amide bonds. The number of allylic oxidation sites excluding steroid dienone is 5. The van der Waals surface area contributed by atoms with E-state index in [0.717, 1.165) is 25.7 Å². The quantitative estimate of drug-likeness (QED) is 0.253. The van der Waals surface area contributed by atoms with Gasteiger partial charge in [-0.25, -0.2) is 0 Å². The average Bonchev–Trinajstić information content (AvgIpc) is 2.54. The molecule has 0 aliphatic heterocycles. The van der Waals surface area contributed by atoms with E-state index >= 15 is 0 Å². The number of rotatable bonds is 14. The molecule has 0 aromatic heterocycles. The largest absolute Gasteiger partial charge is 0.481 e. The smallest absolute Gasteiger partial charge is 0.303 e. The molecule has 0 radical (unpaired) electrons. The van der Waals surface area contributed by atoms with E-state index < -0.39 is 12.1 Å². The van der Waals surface area contributed by atoms with Gasteiger partial charge in [0.1, 0.15) is 0 Å². The number of hydrogen-bond acceptors (Lipinski definition) is 3. The Labute approximate surface area is 145 Å². The van der Waals surface area contributed by atoms with Crippen LogP contribution in [0.15, 0.2) is 48.6 Å². The number of carboxylic acids is 1. The molecule has 0 fully saturated rings. The molecule has 0 aromatic carbocycles. The maximum atomic E-state index is 10.3. The molecule has 24 heavy (non-hydrogen) atoms. The molecule has 2 atom stereocenters. The number of aliphatic carboxylic acids is 1. The first-order valence-corrected chi connectivity index (χ1v) is 8.80. The summed E-state index contributed by atoms with van der Waals surface area (Å²) in [5, 5.41) is 27.9. The second kappa shape index (κ2) is 16.2. The second-order valence-corrected chi connectivity index (χ2v) is 5.78. The Morgan fingerprint density at radius 1 is 0.917 bits per heavy atom. The van der Waals surface area contributed by atoms with Crippen molar-refractivity contribution < 1.29 is 20.1 Å². The van der Waals surface area contributed by atoms with Crippen molar-refractivity contribution in [1.29, 1.82) is 0 Å². The van der Waals surface area contributed by atoms with Gasteiger partial charge >= 0.3 is 5.97 Å². The number of hydrogen-bond donors (Lipinski definition) is 3. The second-order valence-electron chi connectivity index (χ2n) is 5.78. The Kier molecular flexibility index (Phi) is 15.1. The molecule has 0 saturated carbocycles. The first-order valence-electron chi connectivity index (χ1n) is 8.80. The zero-order valence-electron chi connectivity index (χ0n) is 14.7. The SMILES string of the molecule is CCCCC[C@H](O)/C=C/C=C/C=C/[C@@H](O)C/C=C\CCCC(=O)O. The highest BCUT2D eigenvalue weighted by Crippen LogP contribution is 2.04. The van der Waals surface area contributed by atoms with Crippen LogP contribution in [0.2, 0.25) is 0 Å². The van der Waals surface area contributed by atoms with Gasteiger partial charge in [0.15, 0.2) is 0 Å². The fraction of sp³-hybridized carbons (Fsp3) is 0.550. The Morgan fingerprint density at radius 2 is 1.58 bits per heavy atom. The van der Waals surface area contributed by atoms with Gasteiger partial charge in [-0.2, -0.15) is 0 Å². The van der Waals surface area contributed by atoms with Gasteiger partial charge in [0.05, 0.1) is 12.2 Å². The van der Waals surface area contributed by atoms with Gasteiger partial charge in [0.25, 0.3) is 0 Å². The van der Waals surface area contributed by atoms with Crippen LogP contribution in [0, 0.1) is 0 Å². The van der Waals surface area contributed by atoms with E-state index in [1.807, 2.05) is 30.4 Å². The van der Waals surface area contributed by atoms with Gasteiger partial charge in [-0.05, 0) is 25.7 Å². The average molecular weight is 336 g/mol. The van der Waals surface area contributed by atoms with Gasteiger partial charge in [0, 0.05) is 6.42 Å². The highest BCUT2D eigenvalue weighted by atomic mass is 16.4. The summed E-state index contributed by atoms with van der Waals surface area (Å²) in [5.41, 5.74) is 0. The van der Waals surface area contributed by atoms with Crippen LogP contribution < -0.4 is 0 Å². The Bertz CT molecular complexity index is 421. The Balaban J connectivity index is 3.80. The van der Waals surface area contributed by atoms with E-state index in [0.29, 0.717) is 19.3 Å². The molecule has 3 N–H and O–H groups in total. The van der Waals surface area contributed by atoms with E-state index in [4.69, 9.17) is 5.11 Å². The maximum Gasteiger partial charge on any atom is 0.303 e. The first kappa shape index (κ1) is 22.4. The summed E-state index contributed by atoms with van der Waals surface area (Å²) in [6.07, 6.45) is 19.7. The van der Waals surface area contributed by atoms with Crippen molar-refractivity contribution in [2.24, 2.45) is 0 Å². The molecule has 0 aliphatic rings. The van der Waals surface area contributed by atoms with Crippen molar-refractivity contribution in [2.45, 2.75) is 70.5 Å². The molecule has 136 valence electrons. The molecule has 0 rings (SSSR count). The third-order valence-electron chi connectivity index (χ3n) is 3.41. The number of carboxylic acid groups (broad SMARTS) is 1. The monoisotopic (exact) mass is 336 g/mol. The normalized spacial score (nSPS) is 15.1. The molecule has 0 aliphatic carbocycles. The summed E-state index contributed by atoms with van der Waals surface area (Å²) >= 11 is 0. The maximum absolute atomic E-state index is 10.3. The zero-order valence-corrected chi connectivity index (χ0v) is 14.7. The minimum absolute atomic E-state index is 0.179. The summed E-state index contributed by atoms with van der Waals surface area (Å²) in [7, 11) is 0. The predicted molar refractivity (Wildman–Crippen MR) is 98.8 cm³/mol. The van der Waals surface area contributed by atoms with Crippen LogP contribution in [-0.2, 0) is 4.79 Å². The lowest BCUT2D eigenvalue weighted by Gasteiger charge is -2.02. The summed E-state index contributed by atoms with van der Waals surface area (Å²) in [4.78, 5) is 10.3. The van der Waals surface area contributed by atoms with E-state index in [9.17, 15) is 15.0 Å². The Morgan fingerprint density at radius 3 is 2.21 bits per heavy atom. The summed E-state index contributed by atoms with van der Waals surface area (Å²) in [6.45, 7) is 2.14. The summed E-state index contributed by atoms with van der Waals surface area (Å²) in [5.74, 6) is -0.777. The molecule has 0 saturated heterocycles. The number of aliphatic hydroxyl groups is 2. The first-order chi connectivity index (χ1) is 11.6. The third kappa shape index (κ3) is 16.7. The van der Waals surface area contributed by atoms with Crippen LogP contribution in [0.25, 0.3) is 0 Å². The van der Waals surface area contributed by atoms with Crippen molar-refractivity contribution in [2.75, 3.05) is 0 Å². The molecular weight excluding hydrogens is 304 g/mol. The van der Waals surface area contributed by atoms with Crippen LogP contribution >= 0.6 is 0 Å². The van der Waals surface area contributed by atoms with Crippen molar-refractivity contribution in [3.8, 4) is 0 Å². The molecule has 0 heterocycles. The highest BCUT2D eigenvalue weighted by Gasteiger charge is 1.97. The molecule has 0 spiro atoms. The van der Waals surface area contributed by atoms with Gasteiger partial charge < -0.3 is 15.3 Å². The molecular formula is C20H32O4. The molecule has 4 heteroatoms. The lowest BCUT2D eigenvalue weighted by Crippen LogP contribution is -2.00. The summed E-state index contributed by atoms with van der Waals surface area (Å²) in [6, 6.07) is 0.